The van der Waals surface area contributed by atoms with Crippen LogP contribution in [0.1, 0.15) is 5.56 Å². The number of rotatable bonds is 4. The molecule has 0 spiro atoms. The highest BCUT2D eigenvalue weighted by Crippen LogP contribution is 2.32. The summed E-state index contributed by atoms with van der Waals surface area (Å²) in [6.45, 7) is 2.04. The number of pyridine rings is 1. The van der Waals surface area contributed by atoms with Crippen LogP contribution < -0.4 is 4.72 Å². The highest BCUT2D eigenvalue weighted by Gasteiger charge is 2.16. The van der Waals surface area contributed by atoms with Crippen LogP contribution in [-0.4, -0.2) is 33.8 Å². The van der Waals surface area contributed by atoms with Crippen LogP contribution in [0.3, 0.4) is 0 Å². The van der Waals surface area contributed by atoms with Gasteiger partial charge in [0.05, 0.1) is 35.5 Å². The molecule has 31 heavy (non-hydrogen) atoms. The molecule has 0 bridgehead atoms. The van der Waals surface area contributed by atoms with Crippen molar-refractivity contribution in [3.05, 3.63) is 72.7 Å². The Balaban J connectivity index is 1.77. The second-order valence-corrected chi connectivity index (χ2v) is 9.46. The van der Waals surface area contributed by atoms with Crippen LogP contribution in [-0.2, 0) is 17.1 Å². The molecule has 2 aromatic carbocycles. The predicted molar refractivity (Wildman–Crippen MR) is 124 cm³/mol. The molecule has 0 fully saturated rings. The third kappa shape index (κ3) is 3.44. The van der Waals surface area contributed by atoms with Gasteiger partial charge in [-0.05, 0) is 36.2 Å². The first-order valence-electron chi connectivity index (χ1n) is 9.77. The molecule has 7 nitrogen and oxygen atoms in total. The number of hydrogen-bond acceptors (Lipinski definition) is 4. The fourth-order valence-corrected chi connectivity index (χ4v) is 4.49. The SMILES string of the molecule is Cc1ccccc1-c1cc(NS(C)(=O)=O)c2ncc(-c3ccc4c(cnn4C)c3)n2c1. The van der Waals surface area contributed by atoms with Crippen LogP contribution in [0.5, 0.6) is 0 Å². The van der Waals surface area contributed by atoms with E-state index in [-0.39, 0.29) is 0 Å². The van der Waals surface area contributed by atoms with E-state index in [1.807, 2.05) is 77.9 Å². The lowest BCUT2D eigenvalue weighted by molar-refractivity contribution is 0.607. The van der Waals surface area contributed by atoms with Crippen molar-refractivity contribution in [1.82, 2.24) is 19.2 Å². The summed E-state index contributed by atoms with van der Waals surface area (Å²) in [5, 5.41) is 5.34. The topological polar surface area (TPSA) is 81.3 Å². The molecule has 0 unspecified atom stereocenters. The minimum absolute atomic E-state index is 0.442. The van der Waals surface area contributed by atoms with Gasteiger partial charge in [-0.1, -0.05) is 30.3 Å². The first kappa shape index (κ1) is 19.3. The van der Waals surface area contributed by atoms with E-state index in [0.717, 1.165) is 45.1 Å². The monoisotopic (exact) mass is 431 g/mol. The summed E-state index contributed by atoms with van der Waals surface area (Å²) in [6.07, 6.45) is 6.74. The lowest BCUT2D eigenvalue weighted by atomic mass is 10.0. The van der Waals surface area contributed by atoms with E-state index in [2.05, 4.69) is 20.9 Å². The molecular weight excluding hydrogens is 410 g/mol. The summed E-state index contributed by atoms with van der Waals surface area (Å²) in [6, 6.07) is 16.0. The summed E-state index contributed by atoms with van der Waals surface area (Å²) in [7, 11) is -1.56. The number of sulfonamides is 1. The Bertz CT molecular complexity index is 1560. The summed E-state index contributed by atoms with van der Waals surface area (Å²) < 4.78 is 30.5. The molecule has 3 aromatic heterocycles. The quantitative estimate of drug-likeness (QED) is 0.462. The van der Waals surface area contributed by atoms with Gasteiger partial charge in [-0.25, -0.2) is 13.4 Å². The summed E-state index contributed by atoms with van der Waals surface area (Å²) in [4.78, 5) is 4.54. The largest absolute Gasteiger partial charge is 0.297 e. The van der Waals surface area contributed by atoms with Crippen molar-refractivity contribution < 1.29 is 8.42 Å². The Kier molecular flexibility index (Phi) is 4.33. The zero-order valence-electron chi connectivity index (χ0n) is 17.4. The van der Waals surface area contributed by atoms with Gasteiger partial charge in [0.1, 0.15) is 0 Å². The number of aryl methyl sites for hydroxylation is 2. The van der Waals surface area contributed by atoms with Gasteiger partial charge in [0, 0.05) is 29.8 Å². The number of nitrogens with one attached hydrogen (secondary N) is 1. The van der Waals surface area contributed by atoms with Crippen molar-refractivity contribution in [3.63, 3.8) is 0 Å². The van der Waals surface area contributed by atoms with Gasteiger partial charge in [0.25, 0.3) is 0 Å². The number of fused-ring (bicyclic) bond motifs is 2. The molecule has 0 radical (unpaired) electrons. The Hall–Kier alpha value is -3.65. The van der Waals surface area contributed by atoms with Crippen molar-refractivity contribution in [3.8, 4) is 22.4 Å². The van der Waals surface area contributed by atoms with E-state index < -0.39 is 10.0 Å². The third-order valence-corrected chi connectivity index (χ3v) is 5.99. The number of nitrogens with zero attached hydrogens (tertiary/aromatic N) is 4. The zero-order chi connectivity index (χ0) is 21.8. The number of aromatic nitrogens is 4. The van der Waals surface area contributed by atoms with Crippen LogP contribution >= 0.6 is 0 Å². The first-order valence-corrected chi connectivity index (χ1v) is 11.7. The molecule has 0 atom stereocenters. The smallest absolute Gasteiger partial charge is 0.229 e. The van der Waals surface area contributed by atoms with Crippen molar-refractivity contribution in [1.29, 1.82) is 0 Å². The fourth-order valence-electron chi connectivity index (χ4n) is 3.94. The van der Waals surface area contributed by atoms with Gasteiger partial charge >= 0.3 is 0 Å². The molecule has 0 saturated heterocycles. The Morgan fingerprint density at radius 3 is 2.58 bits per heavy atom. The number of benzene rings is 2. The lowest BCUT2D eigenvalue weighted by Gasteiger charge is -2.13. The summed E-state index contributed by atoms with van der Waals surface area (Å²) >= 11 is 0. The average molecular weight is 432 g/mol. The molecule has 0 saturated carbocycles. The maximum absolute atomic E-state index is 12.0. The molecule has 0 aliphatic carbocycles. The van der Waals surface area contributed by atoms with Crippen molar-refractivity contribution >= 4 is 32.3 Å². The standard InChI is InChI=1S/C23H21N5O2S/c1-15-6-4-5-7-19(15)18-11-20(26-31(3,29)30)23-24-13-22(28(23)14-18)16-8-9-21-17(10-16)12-25-27(21)2/h4-14,26H,1-3H3. The van der Waals surface area contributed by atoms with E-state index in [0.29, 0.717) is 11.3 Å². The maximum atomic E-state index is 12.0. The first-order chi connectivity index (χ1) is 14.8. The highest BCUT2D eigenvalue weighted by atomic mass is 32.2. The van der Waals surface area contributed by atoms with Crippen LogP contribution in [0.2, 0.25) is 0 Å². The Labute approximate surface area is 180 Å². The maximum Gasteiger partial charge on any atom is 0.229 e. The molecule has 5 aromatic rings. The fraction of sp³-hybridized carbons (Fsp3) is 0.130. The van der Waals surface area contributed by atoms with Gasteiger partial charge in [-0.2, -0.15) is 5.10 Å². The van der Waals surface area contributed by atoms with E-state index in [4.69, 9.17) is 0 Å². The van der Waals surface area contributed by atoms with Crippen LogP contribution in [0.25, 0.3) is 38.9 Å². The molecule has 8 heteroatoms. The van der Waals surface area contributed by atoms with Gasteiger partial charge in [-0.15, -0.1) is 0 Å². The second kappa shape index (κ2) is 6.95. The van der Waals surface area contributed by atoms with Crippen molar-refractivity contribution in [2.45, 2.75) is 6.92 Å². The van der Waals surface area contributed by atoms with Crippen molar-refractivity contribution in [2.75, 3.05) is 11.0 Å². The van der Waals surface area contributed by atoms with Gasteiger partial charge < -0.3 is 0 Å². The Morgan fingerprint density at radius 2 is 1.81 bits per heavy atom. The molecule has 156 valence electrons. The second-order valence-electron chi connectivity index (χ2n) is 7.71. The average Bonchev–Trinajstić information content (AvgIpc) is 3.31. The predicted octanol–water partition coefficient (Wildman–Crippen LogP) is 4.23. The minimum atomic E-state index is -3.47. The zero-order valence-corrected chi connectivity index (χ0v) is 18.2. The molecule has 0 amide bonds. The molecular formula is C23H21N5O2S. The Morgan fingerprint density at radius 1 is 1.00 bits per heavy atom. The number of hydrogen-bond donors (Lipinski definition) is 1. The van der Waals surface area contributed by atoms with E-state index in [9.17, 15) is 8.42 Å². The van der Waals surface area contributed by atoms with Gasteiger partial charge in [0.15, 0.2) is 5.65 Å². The van der Waals surface area contributed by atoms with E-state index in [1.54, 1.807) is 6.20 Å². The van der Waals surface area contributed by atoms with E-state index in [1.165, 1.54) is 0 Å². The molecule has 3 heterocycles. The van der Waals surface area contributed by atoms with Crippen molar-refractivity contribution in [2.24, 2.45) is 7.05 Å². The lowest BCUT2D eigenvalue weighted by Crippen LogP contribution is -2.11. The molecule has 5 rings (SSSR count). The van der Waals surface area contributed by atoms with Crippen LogP contribution in [0.4, 0.5) is 5.69 Å². The number of anilines is 1. The summed E-state index contributed by atoms with van der Waals surface area (Å²) in [5.74, 6) is 0. The normalized spacial score (nSPS) is 12.0. The van der Waals surface area contributed by atoms with E-state index >= 15 is 0 Å². The minimum Gasteiger partial charge on any atom is -0.297 e. The van der Waals surface area contributed by atoms with Crippen LogP contribution in [0, 0.1) is 6.92 Å². The summed E-state index contributed by atoms with van der Waals surface area (Å²) in [5.41, 5.74) is 6.90. The molecule has 0 aliphatic heterocycles. The number of imidazole rings is 1. The van der Waals surface area contributed by atoms with Crippen LogP contribution in [0.15, 0.2) is 67.1 Å². The molecule has 1 N–H and O–H groups in total. The third-order valence-electron chi connectivity index (χ3n) is 5.40. The van der Waals surface area contributed by atoms with Gasteiger partial charge in [-0.3, -0.25) is 13.8 Å². The van der Waals surface area contributed by atoms with Gasteiger partial charge in [0.2, 0.25) is 10.0 Å². The molecule has 0 aliphatic rings. The highest BCUT2D eigenvalue weighted by molar-refractivity contribution is 7.92.